The molecule has 2 nitrogen and oxygen atoms in total. The third-order valence-electron chi connectivity index (χ3n) is 2.57. The molecule has 1 saturated heterocycles. The van der Waals surface area contributed by atoms with E-state index in [1.807, 2.05) is 4.90 Å². The van der Waals surface area contributed by atoms with E-state index in [1.54, 1.807) is 6.07 Å². The molecule has 0 N–H and O–H groups in total. The van der Waals surface area contributed by atoms with Gasteiger partial charge in [-0.3, -0.25) is 4.79 Å². The van der Waals surface area contributed by atoms with E-state index in [0.717, 1.165) is 5.69 Å². The second-order valence-electron chi connectivity index (χ2n) is 3.62. The van der Waals surface area contributed by atoms with Gasteiger partial charge in [0.25, 0.3) is 0 Å². The Balaban J connectivity index is 2.19. The zero-order valence-corrected chi connectivity index (χ0v) is 8.93. The molecule has 0 radical (unpaired) electrons. The largest absolute Gasteiger partial charge is 0.369 e. The molecule has 1 aromatic rings. The van der Waals surface area contributed by atoms with Gasteiger partial charge < -0.3 is 4.90 Å². The van der Waals surface area contributed by atoms with Crippen LogP contribution in [0.1, 0.15) is 12.8 Å². The summed E-state index contributed by atoms with van der Waals surface area (Å²) in [6.07, 6.45) is 1.10. The number of carbonyl (C=O) groups is 1. The highest BCUT2D eigenvalue weighted by Gasteiger charge is 2.18. The average Bonchev–Trinajstić information content (AvgIpc) is 2.20. The van der Waals surface area contributed by atoms with Crippen molar-refractivity contribution in [2.75, 3.05) is 18.0 Å². The third kappa shape index (κ3) is 2.29. The SMILES string of the molecule is O=C1CCN(c2ccc(F)cc2Cl)CC1. The molecule has 1 heterocycles. The molecule has 0 aliphatic carbocycles. The summed E-state index contributed by atoms with van der Waals surface area (Å²) in [7, 11) is 0. The van der Waals surface area contributed by atoms with Crippen molar-refractivity contribution < 1.29 is 9.18 Å². The lowest BCUT2D eigenvalue weighted by Crippen LogP contribution is -2.33. The van der Waals surface area contributed by atoms with Gasteiger partial charge in [-0.2, -0.15) is 0 Å². The molecular formula is C11H11ClFNO. The molecule has 0 aromatic heterocycles. The van der Waals surface area contributed by atoms with Gasteiger partial charge in [0.15, 0.2) is 0 Å². The van der Waals surface area contributed by atoms with E-state index in [1.165, 1.54) is 12.1 Å². The minimum Gasteiger partial charge on any atom is -0.369 e. The summed E-state index contributed by atoms with van der Waals surface area (Å²) in [5.41, 5.74) is 0.811. The Bertz CT molecular complexity index is 384. The lowest BCUT2D eigenvalue weighted by Gasteiger charge is -2.28. The van der Waals surface area contributed by atoms with E-state index >= 15 is 0 Å². The van der Waals surface area contributed by atoms with Gasteiger partial charge >= 0.3 is 0 Å². The Morgan fingerprint density at radius 3 is 2.53 bits per heavy atom. The molecule has 80 valence electrons. The van der Waals surface area contributed by atoms with Crippen LogP contribution in [0.5, 0.6) is 0 Å². The van der Waals surface area contributed by atoms with Crippen molar-refractivity contribution in [3.8, 4) is 0 Å². The minimum absolute atomic E-state index is 0.282. The van der Waals surface area contributed by atoms with Gasteiger partial charge in [0.05, 0.1) is 10.7 Å². The van der Waals surface area contributed by atoms with E-state index in [9.17, 15) is 9.18 Å². The van der Waals surface area contributed by atoms with Gasteiger partial charge in [-0.25, -0.2) is 4.39 Å². The van der Waals surface area contributed by atoms with Crippen LogP contribution in [0.25, 0.3) is 0 Å². The van der Waals surface area contributed by atoms with Gasteiger partial charge in [-0.1, -0.05) is 11.6 Å². The summed E-state index contributed by atoms with van der Waals surface area (Å²) in [5, 5.41) is 0.407. The van der Waals surface area contributed by atoms with Crippen LogP contribution in [0.3, 0.4) is 0 Å². The second-order valence-corrected chi connectivity index (χ2v) is 4.03. The maximum Gasteiger partial charge on any atom is 0.136 e. The predicted octanol–water partition coefficient (Wildman–Crippen LogP) is 2.65. The molecule has 0 amide bonds. The van der Waals surface area contributed by atoms with Crippen LogP contribution in [0.2, 0.25) is 5.02 Å². The Morgan fingerprint density at radius 1 is 1.27 bits per heavy atom. The van der Waals surface area contributed by atoms with Crippen LogP contribution >= 0.6 is 11.6 Å². The highest BCUT2D eigenvalue weighted by Crippen LogP contribution is 2.28. The number of nitrogens with zero attached hydrogens (tertiary/aromatic N) is 1. The first-order chi connectivity index (χ1) is 7.16. The maximum atomic E-state index is 12.8. The molecule has 0 atom stereocenters. The number of hydrogen-bond acceptors (Lipinski definition) is 2. The van der Waals surface area contributed by atoms with E-state index in [2.05, 4.69) is 0 Å². The smallest absolute Gasteiger partial charge is 0.136 e. The summed E-state index contributed by atoms with van der Waals surface area (Å²) in [5.74, 6) is -0.0543. The number of carbonyl (C=O) groups excluding carboxylic acids is 1. The van der Waals surface area contributed by atoms with Crippen molar-refractivity contribution in [2.45, 2.75) is 12.8 Å². The molecule has 4 heteroatoms. The highest BCUT2D eigenvalue weighted by atomic mass is 35.5. The quantitative estimate of drug-likeness (QED) is 0.735. The van der Waals surface area contributed by atoms with Gasteiger partial charge in [0.2, 0.25) is 0 Å². The van der Waals surface area contributed by atoms with E-state index in [4.69, 9.17) is 11.6 Å². The standard InChI is InChI=1S/C11H11ClFNO/c12-10-7-8(13)1-2-11(10)14-5-3-9(15)4-6-14/h1-2,7H,3-6H2. The van der Waals surface area contributed by atoms with Crippen molar-refractivity contribution in [2.24, 2.45) is 0 Å². The number of Topliss-reactive ketones (excluding diaryl/α,β-unsaturated/α-hetero) is 1. The van der Waals surface area contributed by atoms with Gasteiger partial charge in [-0.05, 0) is 18.2 Å². The molecule has 1 aliphatic heterocycles. The fraction of sp³-hybridized carbons (Fsp3) is 0.364. The van der Waals surface area contributed by atoms with Crippen LogP contribution in [0, 0.1) is 5.82 Å². The molecule has 0 spiro atoms. The molecule has 15 heavy (non-hydrogen) atoms. The third-order valence-corrected chi connectivity index (χ3v) is 2.87. The molecular weight excluding hydrogens is 217 g/mol. The Kier molecular flexibility index (Phi) is 2.91. The van der Waals surface area contributed by atoms with Crippen molar-refractivity contribution in [3.05, 3.63) is 29.0 Å². The minimum atomic E-state index is -0.336. The van der Waals surface area contributed by atoms with Crippen molar-refractivity contribution in [1.29, 1.82) is 0 Å². The summed E-state index contributed by atoms with van der Waals surface area (Å²) in [6, 6.07) is 4.35. The lowest BCUT2D eigenvalue weighted by atomic mass is 10.1. The molecule has 0 unspecified atom stereocenters. The first kappa shape index (κ1) is 10.4. The molecule has 0 bridgehead atoms. The van der Waals surface area contributed by atoms with E-state index in [-0.39, 0.29) is 11.6 Å². The monoisotopic (exact) mass is 227 g/mol. The average molecular weight is 228 g/mol. The second kappa shape index (κ2) is 4.19. The highest BCUT2D eigenvalue weighted by molar-refractivity contribution is 6.33. The van der Waals surface area contributed by atoms with Crippen molar-refractivity contribution in [3.63, 3.8) is 0 Å². The summed E-state index contributed by atoms with van der Waals surface area (Å²) in [6.45, 7) is 1.34. The number of ketones is 1. The van der Waals surface area contributed by atoms with Crippen LogP contribution in [-0.2, 0) is 4.79 Å². The number of benzene rings is 1. The summed E-state index contributed by atoms with van der Waals surface area (Å²) < 4.78 is 12.8. The molecule has 0 saturated carbocycles. The summed E-state index contributed by atoms with van der Waals surface area (Å²) in [4.78, 5) is 13.1. The summed E-state index contributed by atoms with van der Waals surface area (Å²) >= 11 is 5.93. The van der Waals surface area contributed by atoms with Crippen LogP contribution in [-0.4, -0.2) is 18.9 Å². The first-order valence-electron chi connectivity index (χ1n) is 4.88. The van der Waals surface area contributed by atoms with E-state index < -0.39 is 0 Å². The number of anilines is 1. The normalized spacial score (nSPS) is 16.9. The molecule has 1 aromatic carbocycles. The van der Waals surface area contributed by atoms with Gasteiger partial charge in [0.1, 0.15) is 11.6 Å². The fourth-order valence-corrected chi connectivity index (χ4v) is 2.02. The zero-order chi connectivity index (χ0) is 10.8. The number of halogens is 2. The van der Waals surface area contributed by atoms with Crippen molar-refractivity contribution in [1.82, 2.24) is 0 Å². The number of piperidine rings is 1. The fourth-order valence-electron chi connectivity index (χ4n) is 1.73. The van der Waals surface area contributed by atoms with Gasteiger partial charge in [-0.15, -0.1) is 0 Å². The van der Waals surface area contributed by atoms with Crippen LogP contribution in [0.15, 0.2) is 18.2 Å². The van der Waals surface area contributed by atoms with Crippen LogP contribution < -0.4 is 4.90 Å². The molecule has 2 rings (SSSR count). The predicted molar refractivity (Wildman–Crippen MR) is 57.9 cm³/mol. The Labute approximate surface area is 92.6 Å². The zero-order valence-electron chi connectivity index (χ0n) is 8.17. The Hall–Kier alpha value is -1.09. The van der Waals surface area contributed by atoms with Crippen molar-refractivity contribution >= 4 is 23.1 Å². The number of hydrogen-bond donors (Lipinski definition) is 0. The maximum absolute atomic E-state index is 12.8. The molecule has 1 fully saturated rings. The van der Waals surface area contributed by atoms with Crippen LogP contribution in [0.4, 0.5) is 10.1 Å². The lowest BCUT2D eigenvalue weighted by molar-refractivity contribution is -0.119. The van der Waals surface area contributed by atoms with Gasteiger partial charge in [0, 0.05) is 25.9 Å². The topological polar surface area (TPSA) is 20.3 Å². The number of rotatable bonds is 1. The van der Waals surface area contributed by atoms with E-state index in [0.29, 0.717) is 31.0 Å². The first-order valence-corrected chi connectivity index (χ1v) is 5.26. The Morgan fingerprint density at radius 2 is 1.93 bits per heavy atom. The molecule has 1 aliphatic rings.